The van der Waals surface area contributed by atoms with Crippen LogP contribution in [0.3, 0.4) is 0 Å². The van der Waals surface area contributed by atoms with Gasteiger partial charge >= 0.3 is 12.0 Å². The monoisotopic (exact) mass is 455 g/mol. The van der Waals surface area contributed by atoms with E-state index >= 15 is 0 Å². The van der Waals surface area contributed by atoms with Gasteiger partial charge in [0.2, 0.25) is 0 Å². The third-order valence-corrected chi connectivity index (χ3v) is 5.79. The van der Waals surface area contributed by atoms with Crippen LogP contribution in [-0.4, -0.2) is 61.2 Å². The van der Waals surface area contributed by atoms with Gasteiger partial charge in [0.1, 0.15) is 5.82 Å². The number of esters is 1. The first kappa shape index (κ1) is 22.1. The highest BCUT2D eigenvalue weighted by molar-refractivity contribution is 6.30. The molecule has 0 bridgehead atoms. The van der Waals surface area contributed by atoms with E-state index in [0.29, 0.717) is 22.8 Å². The molecule has 2 amide bonds. The van der Waals surface area contributed by atoms with Crippen molar-refractivity contribution in [3.8, 4) is 0 Å². The zero-order valence-corrected chi connectivity index (χ0v) is 18.6. The number of ether oxygens (including phenoxy) is 1. The minimum absolute atomic E-state index is 0.245. The number of pyridine rings is 1. The normalized spacial score (nSPS) is 19.4. The standard InChI is InChI=1S/C23H26ClN5O3/c1-2-32-22(30)20-18(26-23(31)27-21(20)16-6-5-7-17(24)14-16)15-28-10-12-29(13-11-28)19-8-3-4-9-25-19/h3-9,14,21H,2,10-13,15H2,1H3,(H2,26,27,31)/t21-/m1/s1. The number of aromatic nitrogens is 1. The molecular formula is C23H26ClN5O3. The van der Waals surface area contributed by atoms with Crippen molar-refractivity contribution in [2.24, 2.45) is 0 Å². The maximum atomic E-state index is 12.9. The SMILES string of the molecule is CCOC(=O)C1=C(CN2CCN(c3ccccn3)CC2)NC(=O)N[C@@H]1c1cccc(Cl)c1. The summed E-state index contributed by atoms with van der Waals surface area (Å²) in [5.41, 5.74) is 1.69. The smallest absolute Gasteiger partial charge is 0.338 e. The molecule has 168 valence electrons. The molecule has 0 aliphatic carbocycles. The Hall–Kier alpha value is -3.10. The zero-order valence-electron chi connectivity index (χ0n) is 17.9. The average molecular weight is 456 g/mol. The highest BCUT2D eigenvalue weighted by atomic mass is 35.5. The van der Waals surface area contributed by atoms with Gasteiger partial charge in [0, 0.05) is 49.6 Å². The van der Waals surface area contributed by atoms with Gasteiger partial charge in [-0.15, -0.1) is 0 Å². The Balaban J connectivity index is 1.56. The van der Waals surface area contributed by atoms with Gasteiger partial charge in [-0.05, 0) is 36.8 Å². The van der Waals surface area contributed by atoms with Crippen LogP contribution in [0.25, 0.3) is 0 Å². The van der Waals surface area contributed by atoms with Crippen molar-refractivity contribution in [1.29, 1.82) is 0 Å². The predicted octanol–water partition coefficient (Wildman–Crippen LogP) is 2.73. The second-order valence-corrected chi connectivity index (χ2v) is 8.09. The van der Waals surface area contributed by atoms with Crippen LogP contribution < -0.4 is 15.5 Å². The Morgan fingerprint density at radius 3 is 2.69 bits per heavy atom. The zero-order chi connectivity index (χ0) is 22.5. The van der Waals surface area contributed by atoms with Gasteiger partial charge in [0.25, 0.3) is 0 Å². The molecule has 8 nitrogen and oxygen atoms in total. The molecule has 2 aliphatic heterocycles. The summed E-state index contributed by atoms with van der Waals surface area (Å²) < 4.78 is 5.34. The van der Waals surface area contributed by atoms with E-state index in [0.717, 1.165) is 37.6 Å². The Morgan fingerprint density at radius 2 is 2.00 bits per heavy atom. The lowest BCUT2D eigenvalue weighted by atomic mass is 9.95. The van der Waals surface area contributed by atoms with Crippen LogP contribution >= 0.6 is 11.6 Å². The molecule has 0 saturated carbocycles. The summed E-state index contributed by atoms with van der Waals surface area (Å²) in [6.45, 7) is 5.62. The highest BCUT2D eigenvalue weighted by Crippen LogP contribution is 2.30. The van der Waals surface area contributed by atoms with E-state index in [2.05, 4.69) is 25.4 Å². The Kier molecular flexibility index (Phi) is 6.92. The molecule has 1 aromatic heterocycles. The van der Waals surface area contributed by atoms with E-state index in [1.54, 1.807) is 31.3 Å². The van der Waals surface area contributed by atoms with Crippen molar-refractivity contribution in [1.82, 2.24) is 20.5 Å². The molecule has 0 spiro atoms. The number of carbonyl (C=O) groups is 2. The summed E-state index contributed by atoms with van der Waals surface area (Å²) in [6.07, 6.45) is 1.79. The third-order valence-electron chi connectivity index (χ3n) is 5.56. The molecular weight excluding hydrogens is 430 g/mol. The van der Waals surface area contributed by atoms with Gasteiger partial charge in [-0.2, -0.15) is 0 Å². The summed E-state index contributed by atoms with van der Waals surface area (Å²) in [5, 5.41) is 6.21. The van der Waals surface area contributed by atoms with E-state index in [9.17, 15) is 9.59 Å². The lowest BCUT2D eigenvalue weighted by molar-refractivity contribution is -0.139. The van der Waals surface area contributed by atoms with Crippen molar-refractivity contribution < 1.29 is 14.3 Å². The number of anilines is 1. The van der Waals surface area contributed by atoms with Gasteiger partial charge in [0.15, 0.2) is 0 Å². The van der Waals surface area contributed by atoms with E-state index in [4.69, 9.17) is 16.3 Å². The number of hydrogen-bond acceptors (Lipinski definition) is 6. The first-order chi connectivity index (χ1) is 15.5. The minimum atomic E-state index is -0.633. The molecule has 1 fully saturated rings. The van der Waals surface area contributed by atoms with Crippen LogP contribution in [0.15, 0.2) is 59.9 Å². The summed E-state index contributed by atoms with van der Waals surface area (Å²) in [5.74, 6) is 0.502. The third kappa shape index (κ3) is 5.03. The quantitative estimate of drug-likeness (QED) is 0.651. The van der Waals surface area contributed by atoms with Gasteiger partial charge in [-0.1, -0.05) is 29.8 Å². The molecule has 0 unspecified atom stereocenters. The van der Waals surface area contributed by atoms with Crippen LogP contribution in [0.2, 0.25) is 5.02 Å². The van der Waals surface area contributed by atoms with Crippen molar-refractivity contribution in [3.63, 3.8) is 0 Å². The van der Waals surface area contributed by atoms with Crippen LogP contribution in [0.4, 0.5) is 10.6 Å². The lowest BCUT2D eigenvalue weighted by Gasteiger charge is -2.37. The number of nitrogens with zero attached hydrogens (tertiary/aromatic N) is 3. The Morgan fingerprint density at radius 1 is 1.19 bits per heavy atom. The van der Waals surface area contributed by atoms with Crippen molar-refractivity contribution in [2.45, 2.75) is 13.0 Å². The molecule has 2 aromatic rings. The fourth-order valence-corrected chi connectivity index (χ4v) is 4.23. The molecule has 3 heterocycles. The largest absolute Gasteiger partial charge is 0.463 e. The van der Waals surface area contributed by atoms with E-state index in [1.165, 1.54) is 0 Å². The average Bonchev–Trinajstić information content (AvgIpc) is 2.80. The second kappa shape index (κ2) is 10.0. The van der Waals surface area contributed by atoms with Gasteiger partial charge in [0.05, 0.1) is 18.2 Å². The molecule has 2 aliphatic rings. The number of benzene rings is 1. The van der Waals surface area contributed by atoms with Crippen molar-refractivity contribution in [2.75, 3.05) is 44.2 Å². The van der Waals surface area contributed by atoms with Crippen molar-refractivity contribution >= 4 is 29.4 Å². The number of amides is 2. The number of carbonyl (C=O) groups excluding carboxylic acids is 2. The van der Waals surface area contributed by atoms with E-state index < -0.39 is 12.0 Å². The first-order valence-electron chi connectivity index (χ1n) is 10.7. The van der Waals surface area contributed by atoms with E-state index in [-0.39, 0.29) is 12.6 Å². The van der Waals surface area contributed by atoms with Crippen LogP contribution in [0.1, 0.15) is 18.5 Å². The number of nitrogens with one attached hydrogen (secondary N) is 2. The molecule has 0 radical (unpaired) electrons. The van der Waals surface area contributed by atoms with E-state index in [1.807, 2.05) is 24.3 Å². The number of halogens is 1. The van der Waals surface area contributed by atoms with Gasteiger partial charge < -0.3 is 20.3 Å². The number of hydrogen-bond donors (Lipinski definition) is 2. The Labute approximate surface area is 192 Å². The second-order valence-electron chi connectivity index (χ2n) is 7.65. The molecule has 2 N–H and O–H groups in total. The molecule has 9 heteroatoms. The number of urea groups is 1. The van der Waals surface area contributed by atoms with Gasteiger partial charge in [-0.25, -0.2) is 14.6 Å². The first-order valence-corrected chi connectivity index (χ1v) is 11.0. The van der Waals surface area contributed by atoms with Crippen LogP contribution in [0, 0.1) is 0 Å². The molecule has 1 aromatic carbocycles. The fraction of sp³-hybridized carbons (Fsp3) is 0.348. The fourth-order valence-electron chi connectivity index (χ4n) is 4.03. The number of rotatable bonds is 6. The summed E-state index contributed by atoms with van der Waals surface area (Å²) in [6, 6.07) is 12.0. The van der Waals surface area contributed by atoms with Crippen molar-refractivity contribution in [3.05, 3.63) is 70.5 Å². The Bertz CT molecular complexity index is 1010. The molecule has 1 atom stereocenters. The molecule has 32 heavy (non-hydrogen) atoms. The van der Waals surface area contributed by atoms with Crippen LogP contribution in [0.5, 0.6) is 0 Å². The molecule has 1 saturated heterocycles. The maximum absolute atomic E-state index is 12.9. The molecule has 4 rings (SSSR count). The number of piperazine rings is 1. The van der Waals surface area contributed by atoms with Gasteiger partial charge in [-0.3, -0.25) is 4.90 Å². The minimum Gasteiger partial charge on any atom is -0.463 e. The maximum Gasteiger partial charge on any atom is 0.338 e. The summed E-state index contributed by atoms with van der Waals surface area (Å²) in [4.78, 5) is 34.3. The topological polar surface area (TPSA) is 86.8 Å². The van der Waals surface area contributed by atoms with Crippen LogP contribution in [-0.2, 0) is 9.53 Å². The summed E-state index contributed by atoms with van der Waals surface area (Å²) in [7, 11) is 0. The predicted molar refractivity (Wildman–Crippen MR) is 122 cm³/mol. The lowest BCUT2D eigenvalue weighted by Crippen LogP contribution is -2.52. The summed E-state index contributed by atoms with van der Waals surface area (Å²) >= 11 is 6.17. The highest BCUT2D eigenvalue weighted by Gasteiger charge is 2.34.